The largest absolute Gasteiger partial charge is 0.336 e. The number of hydrogen-bond donors (Lipinski definition) is 1. The van der Waals surface area contributed by atoms with E-state index in [1.165, 1.54) is 17.0 Å². The fraction of sp³-hybridized carbons (Fsp3) is 0.273. The molecule has 0 atom stereocenters. The summed E-state index contributed by atoms with van der Waals surface area (Å²) in [6.45, 7) is 6.35. The molecule has 1 amide bonds. The van der Waals surface area contributed by atoms with Crippen molar-refractivity contribution in [3.8, 4) is 0 Å². The van der Waals surface area contributed by atoms with Crippen LogP contribution in [0.5, 0.6) is 0 Å². The van der Waals surface area contributed by atoms with Crippen LogP contribution in [-0.4, -0.2) is 46.1 Å². The summed E-state index contributed by atoms with van der Waals surface area (Å²) in [6.07, 6.45) is 0. The minimum Gasteiger partial charge on any atom is -0.336 e. The number of anilines is 1. The number of aryl methyl sites for hydroxylation is 3. The Hall–Kier alpha value is -3.73. The number of amides is 1. The van der Waals surface area contributed by atoms with Gasteiger partial charge >= 0.3 is 0 Å². The van der Waals surface area contributed by atoms with Crippen molar-refractivity contribution in [1.82, 2.24) is 24.8 Å². The monoisotopic (exact) mass is 468 g/mol. The summed E-state index contributed by atoms with van der Waals surface area (Å²) in [7, 11) is -2.20. The highest BCUT2D eigenvalue weighted by atomic mass is 32.2. The molecular formula is C22H24N6O4S. The zero-order valence-electron chi connectivity index (χ0n) is 18.7. The van der Waals surface area contributed by atoms with Gasteiger partial charge in [-0.25, -0.2) is 18.0 Å². The van der Waals surface area contributed by atoms with Crippen molar-refractivity contribution < 1.29 is 17.8 Å². The zero-order chi connectivity index (χ0) is 23.8. The second kappa shape index (κ2) is 8.66. The molecule has 2 aromatic carbocycles. The van der Waals surface area contributed by atoms with E-state index in [4.69, 9.17) is 4.63 Å². The van der Waals surface area contributed by atoms with Crippen molar-refractivity contribution in [2.24, 2.45) is 0 Å². The quantitative estimate of drug-likeness (QED) is 0.442. The van der Waals surface area contributed by atoms with E-state index in [2.05, 4.69) is 20.0 Å². The van der Waals surface area contributed by atoms with Crippen LogP contribution in [0.15, 0.2) is 52.0 Å². The Morgan fingerprint density at radius 3 is 2.52 bits per heavy atom. The minimum absolute atomic E-state index is 0.124. The number of carbonyl (C=O) groups excluding carboxylic acids is 1. The second-order valence-electron chi connectivity index (χ2n) is 7.67. The smallest absolute Gasteiger partial charge is 0.261 e. The molecule has 4 aromatic rings. The van der Waals surface area contributed by atoms with E-state index in [0.29, 0.717) is 34.5 Å². The summed E-state index contributed by atoms with van der Waals surface area (Å²) in [5, 5.41) is 7.59. The Balaban J connectivity index is 1.78. The van der Waals surface area contributed by atoms with Gasteiger partial charge in [-0.2, -0.15) is 0 Å². The normalized spacial score (nSPS) is 11.6. The molecule has 0 aliphatic rings. The summed E-state index contributed by atoms with van der Waals surface area (Å²) in [6, 6.07) is 11.2. The fourth-order valence-corrected chi connectivity index (χ4v) is 4.76. The second-order valence-corrected chi connectivity index (χ2v) is 9.35. The van der Waals surface area contributed by atoms with Gasteiger partial charge < -0.3 is 9.47 Å². The summed E-state index contributed by atoms with van der Waals surface area (Å²) in [5.41, 5.74) is 2.89. The zero-order valence-corrected chi connectivity index (χ0v) is 19.5. The van der Waals surface area contributed by atoms with E-state index < -0.39 is 10.0 Å². The van der Waals surface area contributed by atoms with Gasteiger partial charge in [0.15, 0.2) is 0 Å². The van der Waals surface area contributed by atoms with E-state index in [1.54, 1.807) is 44.3 Å². The van der Waals surface area contributed by atoms with E-state index in [0.717, 1.165) is 5.82 Å². The highest BCUT2D eigenvalue weighted by Crippen LogP contribution is 2.28. The van der Waals surface area contributed by atoms with E-state index in [1.807, 2.05) is 18.4 Å². The lowest BCUT2D eigenvalue weighted by Gasteiger charge is -2.18. The number of sulfonamides is 1. The summed E-state index contributed by atoms with van der Waals surface area (Å²) < 4.78 is 35.0. The van der Waals surface area contributed by atoms with E-state index >= 15 is 0 Å². The minimum atomic E-state index is -3.84. The fourth-order valence-electron chi connectivity index (χ4n) is 3.70. The van der Waals surface area contributed by atoms with Crippen molar-refractivity contribution in [1.29, 1.82) is 0 Å². The average molecular weight is 469 g/mol. The maximum absolute atomic E-state index is 13.5. The first-order valence-electron chi connectivity index (χ1n) is 10.3. The van der Waals surface area contributed by atoms with Crippen molar-refractivity contribution in [3.05, 3.63) is 65.2 Å². The highest BCUT2D eigenvalue weighted by Gasteiger charge is 2.23. The molecule has 33 heavy (non-hydrogen) atoms. The number of nitrogens with zero attached hydrogens (tertiary/aromatic N) is 5. The molecule has 11 heteroatoms. The first-order valence-corrected chi connectivity index (χ1v) is 11.8. The van der Waals surface area contributed by atoms with Crippen LogP contribution in [0.1, 0.15) is 34.5 Å². The van der Waals surface area contributed by atoms with Crippen LogP contribution in [0.2, 0.25) is 0 Å². The van der Waals surface area contributed by atoms with Crippen LogP contribution in [0.3, 0.4) is 0 Å². The maximum atomic E-state index is 13.5. The average Bonchev–Trinajstić information content (AvgIpc) is 3.34. The third kappa shape index (κ3) is 4.31. The molecule has 10 nitrogen and oxygen atoms in total. The van der Waals surface area contributed by atoms with Gasteiger partial charge in [-0.05, 0) is 45.0 Å². The molecule has 2 aromatic heterocycles. The Bertz CT molecular complexity index is 1430. The van der Waals surface area contributed by atoms with Crippen molar-refractivity contribution in [2.45, 2.75) is 38.8 Å². The predicted octanol–water partition coefficient (Wildman–Crippen LogP) is 3.13. The molecule has 0 unspecified atom stereocenters. The van der Waals surface area contributed by atoms with Gasteiger partial charge in [-0.3, -0.25) is 9.52 Å². The lowest BCUT2D eigenvalue weighted by atomic mass is 10.1. The van der Waals surface area contributed by atoms with Gasteiger partial charge in [0.2, 0.25) is 0 Å². The summed E-state index contributed by atoms with van der Waals surface area (Å²) >= 11 is 0. The third-order valence-electron chi connectivity index (χ3n) is 5.37. The SMILES string of the molecule is CCn1c(C)nc2cc(NS(=O)(=O)c3ccccc3)cc(C(=O)N(C)Cc3nonc3C)c21. The molecule has 172 valence electrons. The van der Waals surface area contributed by atoms with Crippen molar-refractivity contribution in [2.75, 3.05) is 11.8 Å². The number of hydrogen-bond acceptors (Lipinski definition) is 7. The number of benzene rings is 2. The van der Waals surface area contributed by atoms with Gasteiger partial charge in [0.25, 0.3) is 15.9 Å². The third-order valence-corrected chi connectivity index (χ3v) is 6.76. The number of fused-ring (bicyclic) bond motifs is 1. The van der Waals surface area contributed by atoms with Crippen LogP contribution in [0.25, 0.3) is 11.0 Å². The Kier molecular flexibility index (Phi) is 5.90. The molecule has 4 rings (SSSR count). The predicted molar refractivity (Wildman–Crippen MR) is 122 cm³/mol. The molecular weight excluding hydrogens is 444 g/mol. The molecule has 0 radical (unpaired) electrons. The van der Waals surface area contributed by atoms with E-state index in [9.17, 15) is 13.2 Å². The van der Waals surface area contributed by atoms with Crippen molar-refractivity contribution >= 4 is 32.7 Å². The Morgan fingerprint density at radius 2 is 1.88 bits per heavy atom. The van der Waals surface area contributed by atoms with Gasteiger partial charge in [-0.1, -0.05) is 28.5 Å². The molecule has 0 aliphatic heterocycles. The van der Waals surface area contributed by atoms with Gasteiger partial charge in [0, 0.05) is 13.6 Å². The molecule has 0 saturated carbocycles. The summed E-state index contributed by atoms with van der Waals surface area (Å²) in [4.78, 5) is 19.7. The number of nitrogens with one attached hydrogen (secondary N) is 1. The number of aromatic nitrogens is 4. The van der Waals surface area contributed by atoms with Gasteiger partial charge in [-0.15, -0.1) is 0 Å². The highest BCUT2D eigenvalue weighted by molar-refractivity contribution is 7.92. The van der Waals surface area contributed by atoms with Crippen molar-refractivity contribution in [3.63, 3.8) is 0 Å². The number of carbonyl (C=O) groups is 1. The van der Waals surface area contributed by atoms with Gasteiger partial charge in [0.1, 0.15) is 17.2 Å². The Labute approximate surface area is 191 Å². The molecule has 0 spiro atoms. The van der Waals surface area contributed by atoms with Crippen LogP contribution in [0.4, 0.5) is 5.69 Å². The van der Waals surface area contributed by atoms with Crippen LogP contribution < -0.4 is 4.72 Å². The summed E-state index contributed by atoms with van der Waals surface area (Å²) in [5.74, 6) is 0.418. The molecule has 2 heterocycles. The lowest BCUT2D eigenvalue weighted by Crippen LogP contribution is -2.27. The van der Waals surface area contributed by atoms with Crippen LogP contribution in [0, 0.1) is 13.8 Å². The standard InChI is InChI=1S/C22H24N6O4S/c1-5-28-15(3)23-19-12-16(26-33(30,31)17-9-7-6-8-10-17)11-18(21(19)28)22(29)27(4)13-20-14(2)24-32-25-20/h6-12,26H,5,13H2,1-4H3. The molecule has 0 fully saturated rings. The van der Waals surface area contributed by atoms with Crippen LogP contribution >= 0.6 is 0 Å². The maximum Gasteiger partial charge on any atom is 0.261 e. The first kappa shape index (κ1) is 22.5. The first-order chi connectivity index (χ1) is 15.7. The molecule has 0 aliphatic carbocycles. The molecule has 1 N–H and O–H groups in total. The van der Waals surface area contributed by atoms with E-state index in [-0.39, 0.29) is 23.0 Å². The molecule has 0 bridgehead atoms. The Morgan fingerprint density at radius 1 is 1.15 bits per heavy atom. The lowest BCUT2D eigenvalue weighted by molar-refractivity contribution is 0.0783. The number of imidazole rings is 1. The topological polar surface area (TPSA) is 123 Å². The van der Waals surface area contributed by atoms with Gasteiger partial charge in [0.05, 0.1) is 33.7 Å². The number of rotatable bonds is 7. The molecule has 0 saturated heterocycles. The van der Waals surface area contributed by atoms with Crippen LogP contribution in [-0.2, 0) is 23.1 Å².